The molecule has 5 heteroatoms. The monoisotopic (exact) mass is 326 g/mol. The number of hydrogen-bond acceptors (Lipinski definition) is 5. The van der Waals surface area contributed by atoms with Crippen molar-refractivity contribution in [2.45, 2.75) is 20.3 Å². The zero-order valence-electron chi connectivity index (χ0n) is 13.6. The van der Waals surface area contributed by atoms with Gasteiger partial charge in [-0.3, -0.25) is 0 Å². The second-order valence-corrected chi connectivity index (χ2v) is 5.23. The second-order valence-electron chi connectivity index (χ2n) is 5.23. The molecule has 0 fully saturated rings. The number of esters is 3. The van der Waals surface area contributed by atoms with Crippen LogP contribution in [0.15, 0.2) is 48.5 Å². The Kier molecular flexibility index (Phi) is 5.84. The summed E-state index contributed by atoms with van der Waals surface area (Å²) in [6.45, 7) is 3.90. The predicted octanol–water partition coefficient (Wildman–Crippen LogP) is 3.56. The van der Waals surface area contributed by atoms with E-state index in [-0.39, 0.29) is 23.3 Å². The lowest BCUT2D eigenvalue weighted by Gasteiger charge is -2.09. The Morgan fingerprint density at radius 3 is 2.25 bits per heavy atom. The fourth-order valence-electron chi connectivity index (χ4n) is 2.05. The van der Waals surface area contributed by atoms with E-state index in [9.17, 15) is 14.4 Å². The minimum absolute atomic E-state index is 0.0142. The van der Waals surface area contributed by atoms with Crippen LogP contribution in [0.25, 0.3) is 0 Å². The molecule has 0 unspecified atom stereocenters. The first kappa shape index (κ1) is 17.4. The molecule has 0 aliphatic heterocycles. The van der Waals surface area contributed by atoms with Crippen LogP contribution in [0.5, 0.6) is 0 Å². The number of carbonyl (C=O) groups excluding carboxylic acids is 3. The molecule has 0 aromatic heterocycles. The smallest absolute Gasteiger partial charge is 0.346 e. The molecule has 24 heavy (non-hydrogen) atoms. The van der Waals surface area contributed by atoms with Crippen LogP contribution in [0.3, 0.4) is 0 Å². The highest BCUT2D eigenvalue weighted by atomic mass is 16.6. The van der Waals surface area contributed by atoms with Crippen LogP contribution in [0.4, 0.5) is 0 Å². The Morgan fingerprint density at radius 2 is 1.58 bits per heavy atom. The van der Waals surface area contributed by atoms with Crippen LogP contribution >= 0.6 is 0 Å². The first-order chi connectivity index (χ1) is 11.5. The van der Waals surface area contributed by atoms with Gasteiger partial charge in [0.05, 0.1) is 23.3 Å². The molecule has 2 aromatic rings. The Hall–Kier alpha value is -2.95. The number of aryl methyl sites for hydroxylation is 1. The Balaban J connectivity index is 2.23. The van der Waals surface area contributed by atoms with Gasteiger partial charge in [-0.05, 0) is 37.6 Å². The summed E-state index contributed by atoms with van der Waals surface area (Å²) in [4.78, 5) is 36.4. The molecule has 0 atom stereocenters. The highest BCUT2D eigenvalue weighted by Gasteiger charge is 2.22. The average molecular weight is 326 g/mol. The van der Waals surface area contributed by atoms with Crippen LogP contribution in [0.2, 0.25) is 0 Å². The van der Waals surface area contributed by atoms with Gasteiger partial charge in [0.2, 0.25) is 0 Å². The molecule has 124 valence electrons. The molecule has 2 aromatic carbocycles. The summed E-state index contributed by atoms with van der Waals surface area (Å²) in [5, 5.41) is 0. The van der Waals surface area contributed by atoms with Crippen molar-refractivity contribution >= 4 is 17.9 Å². The zero-order valence-corrected chi connectivity index (χ0v) is 13.6. The molecular formula is C19H18O5. The maximum Gasteiger partial charge on any atom is 0.346 e. The number of ether oxygens (including phenoxy) is 2. The van der Waals surface area contributed by atoms with Crippen molar-refractivity contribution < 1.29 is 23.9 Å². The third kappa shape index (κ3) is 4.29. The van der Waals surface area contributed by atoms with Crippen molar-refractivity contribution in [3.8, 4) is 0 Å². The maximum absolute atomic E-state index is 12.3. The van der Waals surface area contributed by atoms with Crippen LogP contribution < -0.4 is 0 Å². The lowest BCUT2D eigenvalue weighted by molar-refractivity contribution is 0.0383. The molecule has 0 radical (unpaired) electrons. The Labute approximate surface area is 140 Å². The minimum Gasteiger partial charge on any atom is -0.462 e. The van der Waals surface area contributed by atoms with Gasteiger partial charge >= 0.3 is 17.9 Å². The van der Waals surface area contributed by atoms with Crippen LogP contribution in [0, 0.1) is 6.92 Å². The molecule has 0 saturated heterocycles. The molecule has 0 aliphatic rings. The summed E-state index contributed by atoms with van der Waals surface area (Å²) in [5.74, 6) is -2.26. The molecule has 0 spiro atoms. The van der Waals surface area contributed by atoms with E-state index in [4.69, 9.17) is 9.47 Å². The number of hydrogen-bond donors (Lipinski definition) is 0. The van der Waals surface area contributed by atoms with Gasteiger partial charge in [0.15, 0.2) is 0 Å². The van der Waals surface area contributed by atoms with E-state index in [2.05, 4.69) is 0 Å². The van der Waals surface area contributed by atoms with E-state index in [1.165, 1.54) is 12.1 Å². The molecule has 0 amide bonds. The molecule has 0 bridgehead atoms. The standard InChI is InChI=1S/C19H18O5/c1-3-11-23-18(21)15-10-9-13(2)12-16(15)19(22)24-17(20)14-7-5-4-6-8-14/h4-10,12H,3,11H2,1-2H3. The predicted molar refractivity (Wildman–Crippen MR) is 87.9 cm³/mol. The summed E-state index contributed by atoms with van der Waals surface area (Å²) in [6, 6.07) is 12.9. The zero-order chi connectivity index (χ0) is 17.5. The van der Waals surface area contributed by atoms with Crippen molar-refractivity contribution in [3.63, 3.8) is 0 Å². The SMILES string of the molecule is CCCOC(=O)c1ccc(C)cc1C(=O)OC(=O)c1ccccc1. The molecule has 0 N–H and O–H groups in total. The van der Waals surface area contributed by atoms with Crippen molar-refractivity contribution in [2.75, 3.05) is 6.61 Å². The van der Waals surface area contributed by atoms with Gasteiger partial charge in [0, 0.05) is 0 Å². The van der Waals surface area contributed by atoms with Crippen molar-refractivity contribution in [1.82, 2.24) is 0 Å². The summed E-state index contributed by atoms with van der Waals surface area (Å²) in [6.07, 6.45) is 0.671. The van der Waals surface area contributed by atoms with E-state index in [0.717, 1.165) is 5.56 Å². The quantitative estimate of drug-likeness (QED) is 0.621. The van der Waals surface area contributed by atoms with E-state index >= 15 is 0 Å². The molecule has 0 aliphatic carbocycles. The third-order valence-electron chi connectivity index (χ3n) is 3.25. The summed E-state index contributed by atoms with van der Waals surface area (Å²) >= 11 is 0. The average Bonchev–Trinajstić information content (AvgIpc) is 2.60. The van der Waals surface area contributed by atoms with Crippen molar-refractivity contribution in [1.29, 1.82) is 0 Å². The van der Waals surface area contributed by atoms with Gasteiger partial charge in [0.25, 0.3) is 0 Å². The lowest BCUT2D eigenvalue weighted by Crippen LogP contribution is -2.17. The van der Waals surface area contributed by atoms with Gasteiger partial charge in [-0.25, -0.2) is 14.4 Å². The van der Waals surface area contributed by atoms with Gasteiger partial charge in [0.1, 0.15) is 0 Å². The van der Waals surface area contributed by atoms with E-state index < -0.39 is 17.9 Å². The van der Waals surface area contributed by atoms with Gasteiger partial charge in [-0.1, -0.05) is 36.8 Å². The van der Waals surface area contributed by atoms with Crippen LogP contribution in [-0.4, -0.2) is 24.5 Å². The van der Waals surface area contributed by atoms with E-state index in [1.807, 2.05) is 6.92 Å². The molecule has 5 nitrogen and oxygen atoms in total. The van der Waals surface area contributed by atoms with Crippen LogP contribution in [-0.2, 0) is 9.47 Å². The largest absolute Gasteiger partial charge is 0.462 e. The van der Waals surface area contributed by atoms with Crippen LogP contribution in [0.1, 0.15) is 50.0 Å². The number of rotatable bonds is 5. The molecule has 0 saturated carbocycles. The topological polar surface area (TPSA) is 69.7 Å². The first-order valence-corrected chi connectivity index (χ1v) is 7.62. The highest BCUT2D eigenvalue weighted by Crippen LogP contribution is 2.16. The van der Waals surface area contributed by atoms with Gasteiger partial charge < -0.3 is 9.47 Å². The summed E-state index contributed by atoms with van der Waals surface area (Å²) < 4.78 is 9.95. The molecular weight excluding hydrogens is 308 g/mol. The van der Waals surface area contributed by atoms with E-state index in [0.29, 0.717) is 6.42 Å². The number of benzene rings is 2. The van der Waals surface area contributed by atoms with E-state index in [1.54, 1.807) is 43.3 Å². The molecule has 2 rings (SSSR count). The molecule has 0 heterocycles. The van der Waals surface area contributed by atoms with Crippen molar-refractivity contribution in [3.05, 3.63) is 70.8 Å². The highest BCUT2D eigenvalue weighted by molar-refractivity contribution is 6.08. The summed E-state index contributed by atoms with van der Waals surface area (Å²) in [7, 11) is 0. The minimum atomic E-state index is -0.879. The van der Waals surface area contributed by atoms with Crippen molar-refractivity contribution in [2.24, 2.45) is 0 Å². The second kappa shape index (κ2) is 8.06. The summed E-state index contributed by atoms with van der Waals surface area (Å²) in [5.41, 5.74) is 1.12. The number of carbonyl (C=O) groups is 3. The first-order valence-electron chi connectivity index (χ1n) is 7.62. The third-order valence-corrected chi connectivity index (χ3v) is 3.25. The Morgan fingerprint density at radius 1 is 0.875 bits per heavy atom. The fraction of sp³-hybridized carbons (Fsp3) is 0.211. The van der Waals surface area contributed by atoms with Gasteiger partial charge in [-0.2, -0.15) is 0 Å². The lowest BCUT2D eigenvalue weighted by atomic mass is 10.0. The Bertz CT molecular complexity index is 750. The fourth-order valence-corrected chi connectivity index (χ4v) is 2.05. The maximum atomic E-state index is 12.3. The normalized spacial score (nSPS) is 10.1. The van der Waals surface area contributed by atoms with Gasteiger partial charge in [-0.15, -0.1) is 0 Å².